The lowest BCUT2D eigenvalue weighted by molar-refractivity contribution is -0.143. The second-order valence-corrected chi connectivity index (χ2v) is 11.5. The zero-order valence-corrected chi connectivity index (χ0v) is 23.7. The van der Waals surface area contributed by atoms with Crippen molar-refractivity contribution in [3.8, 4) is 5.75 Å². The van der Waals surface area contributed by atoms with Crippen LogP contribution >= 0.6 is 11.6 Å². The first-order chi connectivity index (χ1) is 19.3. The SMILES string of the molecule is CCNC(=O)[C@@H](c1ccccc1)N(Cc1ccc(Cl)cc1)C(=O)COc1ccc(S(=O)(=O)N2CCOCC2)cc1. The first-order valence-electron chi connectivity index (χ1n) is 13.0. The molecule has 0 saturated carbocycles. The number of carbonyl (C=O) groups excluding carboxylic acids is 2. The molecule has 0 aromatic heterocycles. The maximum atomic E-state index is 13.6. The van der Waals surface area contributed by atoms with Crippen LogP contribution in [0.15, 0.2) is 83.8 Å². The summed E-state index contributed by atoms with van der Waals surface area (Å²) < 4.78 is 38.2. The second-order valence-electron chi connectivity index (χ2n) is 9.13. The minimum absolute atomic E-state index is 0.137. The Morgan fingerprint density at radius 1 is 1.00 bits per heavy atom. The van der Waals surface area contributed by atoms with Crippen LogP contribution in [0.2, 0.25) is 5.02 Å². The number of rotatable bonds is 11. The van der Waals surface area contributed by atoms with Gasteiger partial charge >= 0.3 is 0 Å². The van der Waals surface area contributed by atoms with Gasteiger partial charge < -0.3 is 19.7 Å². The smallest absolute Gasteiger partial charge is 0.261 e. The molecule has 9 nitrogen and oxygen atoms in total. The van der Waals surface area contributed by atoms with Crippen molar-refractivity contribution in [1.29, 1.82) is 0 Å². The lowest BCUT2D eigenvalue weighted by Gasteiger charge is -2.31. The van der Waals surface area contributed by atoms with Crippen molar-refractivity contribution in [2.45, 2.75) is 24.4 Å². The average Bonchev–Trinajstić information content (AvgIpc) is 2.98. The van der Waals surface area contributed by atoms with E-state index in [0.29, 0.717) is 49.2 Å². The molecule has 0 radical (unpaired) electrons. The molecule has 0 spiro atoms. The minimum atomic E-state index is -3.65. The Labute approximate surface area is 239 Å². The van der Waals surface area contributed by atoms with Gasteiger partial charge in [-0.1, -0.05) is 54.1 Å². The van der Waals surface area contributed by atoms with Crippen molar-refractivity contribution in [1.82, 2.24) is 14.5 Å². The Balaban J connectivity index is 1.54. The molecule has 40 heavy (non-hydrogen) atoms. The third-order valence-corrected chi connectivity index (χ3v) is 8.57. The van der Waals surface area contributed by atoms with E-state index in [1.807, 2.05) is 25.1 Å². The lowest BCUT2D eigenvalue weighted by atomic mass is 10.0. The predicted molar refractivity (Wildman–Crippen MR) is 151 cm³/mol. The molecular formula is C29H32ClN3O6S. The van der Waals surface area contributed by atoms with Crippen LogP contribution in [0.25, 0.3) is 0 Å². The van der Waals surface area contributed by atoms with E-state index >= 15 is 0 Å². The average molecular weight is 586 g/mol. The van der Waals surface area contributed by atoms with Gasteiger partial charge in [-0.3, -0.25) is 9.59 Å². The number of amides is 2. The molecule has 1 aliphatic rings. The zero-order chi connectivity index (χ0) is 28.5. The number of likely N-dealkylation sites (N-methyl/N-ethyl adjacent to an activating group) is 1. The number of hydrogen-bond acceptors (Lipinski definition) is 6. The van der Waals surface area contributed by atoms with Crippen LogP contribution in [0.5, 0.6) is 5.75 Å². The fraction of sp³-hybridized carbons (Fsp3) is 0.310. The number of halogens is 1. The van der Waals surface area contributed by atoms with Crippen LogP contribution in [0, 0.1) is 0 Å². The van der Waals surface area contributed by atoms with E-state index < -0.39 is 22.0 Å². The van der Waals surface area contributed by atoms with Crippen LogP contribution in [0.4, 0.5) is 0 Å². The molecule has 0 aliphatic carbocycles. The van der Waals surface area contributed by atoms with Gasteiger partial charge in [0.2, 0.25) is 15.9 Å². The highest BCUT2D eigenvalue weighted by atomic mass is 35.5. The van der Waals surface area contributed by atoms with Crippen LogP contribution in [-0.2, 0) is 30.9 Å². The molecule has 1 fully saturated rings. The summed E-state index contributed by atoms with van der Waals surface area (Å²) in [5, 5.41) is 3.39. The fourth-order valence-electron chi connectivity index (χ4n) is 4.36. The quantitative estimate of drug-likeness (QED) is 0.368. The van der Waals surface area contributed by atoms with Gasteiger partial charge in [-0.15, -0.1) is 0 Å². The molecule has 3 aromatic carbocycles. The van der Waals surface area contributed by atoms with E-state index in [1.54, 1.807) is 36.4 Å². The van der Waals surface area contributed by atoms with Crippen molar-refractivity contribution in [2.24, 2.45) is 0 Å². The van der Waals surface area contributed by atoms with Crippen molar-refractivity contribution in [3.05, 3.63) is 95.0 Å². The molecule has 11 heteroatoms. The summed E-state index contributed by atoms with van der Waals surface area (Å²) in [7, 11) is -3.65. The van der Waals surface area contributed by atoms with E-state index in [1.165, 1.54) is 33.5 Å². The summed E-state index contributed by atoms with van der Waals surface area (Å²) in [6.45, 7) is 3.32. The van der Waals surface area contributed by atoms with E-state index in [-0.39, 0.29) is 24.0 Å². The van der Waals surface area contributed by atoms with Crippen molar-refractivity contribution in [3.63, 3.8) is 0 Å². The van der Waals surface area contributed by atoms with Gasteiger partial charge in [-0.2, -0.15) is 4.31 Å². The largest absolute Gasteiger partial charge is 0.484 e. The monoisotopic (exact) mass is 585 g/mol. The molecule has 1 heterocycles. The Bertz CT molecular complexity index is 1380. The number of ether oxygens (including phenoxy) is 2. The highest BCUT2D eigenvalue weighted by Gasteiger charge is 2.32. The van der Waals surface area contributed by atoms with E-state index in [0.717, 1.165) is 5.56 Å². The van der Waals surface area contributed by atoms with Crippen molar-refractivity contribution >= 4 is 33.4 Å². The molecule has 1 aliphatic heterocycles. The summed E-state index contributed by atoms with van der Waals surface area (Å²) >= 11 is 6.05. The minimum Gasteiger partial charge on any atom is -0.484 e. The van der Waals surface area contributed by atoms with Crippen LogP contribution in [-0.4, -0.2) is 68.9 Å². The van der Waals surface area contributed by atoms with Gasteiger partial charge in [-0.05, 0) is 54.4 Å². The number of morpholine rings is 1. The maximum Gasteiger partial charge on any atom is 0.261 e. The normalized spacial score (nSPS) is 14.8. The third kappa shape index (κ3) is 7.39. The third-order valence-electron chi connectivity index (χ3n) is 6.41. The summed E-state index contributed by atoms with van der Waals surface area (Å²) in [6.07, 6.45) is 0. The van der Waals surface area contributed by atoms with Gasteiger partial charge in [0, 0.05) is 31.2 Å². The number of nitrogens with one attached hydrogen (secondary N) is 1. The van der Waals surface area contributed by atoms with Crippen molar-refractivity contribution < 1.29 is 27.5 Å². The Kier molecular flexibility index (Phi) is 10.2. The standard InChI is InChI=1S/C29H32ClN3O6S/c1-2-31-29(35)28(23-6-4-3-5-7-23)33(20-22-8-10-24(30)11-9-22)27(34)21-39-25-12-14-26(15-13-25)40(36,37)32-16-18-38-19-17-32/h3-15,28H,2,16-21H2,1H3,(H,31,35)/t28-/m1/s1. The summed E-state index contributed by atoms with van der Waals surface area (Å²) in [4.78, 5) is 28.5. The van der Waals surface area contributed by atoms with Crippen LogP contribution in [0.1, 0.15) is 24.1 Å². The van der Waals surface area contributed by atoms with Gasteiger partial charge in [-0.25, -0.2) is 8.42 Å². The Morgan fingerprint density at radius 3 is 2.27 bits per heavy atom. The van der Waals surface area contributed by atoms with Gasteiger partial charge in [0.25, 0.3) is 5.91 Å². The topological polar surface area (TPSA) is 105 Å². The number of hydrogen-bond donors (Lipinski definition) is 1. The number of carbonyl (C=O) groups is 2. The lowest BCUT2D eigenvalue weighted by Crippen LogP contribution is -2.45. The summed E-state index contributed by atoms with van der Waals surface area (Å²) in [5.41, 5.74) is 1.45. The fourth-order valence-corrected chi connectivity index (χ4v) is 5.89. The maximum absolute atomic E-state index is 13.6. The summed E-state index contributed by atoms with van der Waals surface area (Å²) in [5.74, 6) is -0.399. The van der Waals surface area contributed by atoms with Crippen LogP contribution in [0.3, 0.4) is 0 Å². The molecule has 0 unspecified atom stereocenters. The molecular weight excluding hydrogens is 554 g/mol. The zero-order valence-electron chi connectivity index (χ0n) is 22.2. The van der Waals surface area contributed by atoms with E-state index in [2.05, 4.69) is 5.32 Å². The highest BCUT2D eigenvalue weighted by molar-refractivity contribution is 7.89. The first-order valence-corrected chi connectivity index (χ1v) is 14.8. The molecule has 1 N–H and O–H groups in total. The van der Waals surface area contributed by atoms with Crippen LogP contribution < -0.4 is 10.1 Å². The molecule has 1 atom stereocenters. The molecule has 3 aromatic rings. The number of sulfonamides is 1. The van der Waals surface area contributed by atoms with E-state index in [9.17, 15) is 18.0 Å². The predicted octanol–water partition coefficient (Wildman–Crippen LogP) is 3.65. The van der Waals surface area contributed by atoms with Gasteiger partial charge in [0.15, 0.2) is 6.61 Å². The van der Waals surface area contributed by atoms with E-state index in [4.69, 9.17) is 21.1 Å². The number of nitrogens with zero attached hydrogens (tertiary/aromatic N) is 2. The highest BCUT2D eigenvalue weighted by Crippen LogP contribution is 2.25. The van der Waals surface area contributed by atoms with Gasteiger partial charge in [0.05, 0.1) is 18.1 Å². The first kappa shape index (κ1) is 29.5. The molecule has 1 saturated heterocycles. The van der Waals surface area contributed by atoms with Gasteiger partial charge in [0.1, 0.15) is 11.8 Å². The Morgan fingerprint density at radius 2 is 1.65 bits per heavy atom. The molecule has 4 rings (SSSR count). The molecule has 2 amide bonds. The number of benzene rings is 3. The second kappa shape index (κ2) is 13.8. The Hall–Kier alpha value is -3.44. The van der Waals surface area contributed by atoms with Crippen molar-refractivity contribution in [2.75, 3.05) is 39.5 Å². The molecule has 212 valence electrons. The summed E-state index contributed by atoms with van der Waals surface area (Å²) in [6, 6.07) is 21.2. The molecule has 0 bridgehead atoms.